The molecule has 32 heavy (non-hydrogen) atoms. The Kier molecular flexibility index (Phi) is 6.46. The van der Waals surface area contributed by atoms with Crippen LogP contribution >= 0.6 is 0 Å². The zero-order valence-corrected chi connectivity index (χ0v) is 21.2. The van der Waals surface area contributed by atoms with E-state index in [0.717, 1.165) is 32.5 Å². The van der Waals surface area contributed by atoms with E-state index in [-0.39, 0.29) is 22.2 Å². The first-order chi connectivity index (χ1) is 14.9. The zero-order valence-electron chi connectivity index (χ0n) is 21.2. The van der Waals surface area contributed by atoms with Crippen molar-refractivity contribution in [1.82, 2.24) is 5.32 Å². The van der Waals surface area contributed by atoms with E-state index in [2.05, 4.69) is 52.9 Å². The van der Waals surface area contributed by atoms with Gasteiger partial charge in [-0.1, -0.05) is 19.4 Å². The zero-order chi connectivity index (χ0) is 23.2. The van der Waals surface area contributed by atoms with Gasteiger partial charge < -0.3 is 19.9 Å². The SMILES string of the molecule is CC(C)(C)OCCC(C)(C)OCCC12CCC[C@]3(C)c4cc(O)ccc4C[C@H](CC1)[C@@H]3N2. The molecule has 4 rings (SSSR count). The van der Waals surface area contributed by atoms with Crippen LogP contribution < -0.4 is 5.32 Å². The predicted molar refractivity (Wildman–Crippen MR) is 130 cm³/mol. The van der Waals surface area contributed by atoms with Gasteiger partial charge in [0.05, 0.1) is 11.2 Å². The molecular formula is C28H45NO3. The van der Waals surface area contributed by atoms with Crippen molar-refractivity contribution in [2.45, 2.75) is 121 Å². The van der Waals surface area contributed by atoms with Gasteiger partial charge in [-0.3, -0.25) is 0 Å². The number of phenolic OH excluding ortho intramolecular Hbond substituents is 1. The summed E-state index contributed by atoms with van der Waals surface area (Å²) in [5, 5.41) is 14.4. The lowest BCUT2D eigenvalue weighted by Crippen LogP contribution is -2.63. The van der Waals surface area contributed by atoms with Crippen LogP contribution in [0.3, 0.4) is 0 Å². The highest BCUT2D eigenvalue weighted by Gasteiger charge is 2.53. The van der Waals surface area contributed by atoms with Gasteiger partial charge in [0.1, 0.15) is 5.75 Å². The van der Waals surface area contributed by atoms with Crippen LogP contribution in [0.15, 0.2) is 18.2 Å². The molecule has 2 fully saturated rings. The van der Waals surface area contributed by atoms with Crippen LogP contribution in [0, 0.1) is 5.92 Å². The Labute approximate surface area is 195 Å². The molecule has 2 heterocycles. The van der Waals surface area contributed by atoms with Crippen LogP contribution in [0.2, 0.25) is 0 Å². The van der Waals surface area contributed by atoms with Crippen molar-refractivity contribution in [2.24, 2.45) is 5.92 Å². The highest BCUT2D eigenvalue weighted by Crippen LogP contribution is 2.52. The molecule has 1 aromatic rings. The number of rotatable bonds is 7. The first kappa shape index (κ1) is 24.0. The Hall–Kier alpha value is -1.10. The summed E-state index contributed by atoms with van der Waals surface area (Å²) in [5.41, 5.74) is 2.85. The molecule has 1 aromatic carbocycles. The van der Waals surface area contributed by atoms with Gasteiger partial charge in [-0.25, -0.2) is 0 Å². The fourth-order valence-electron chi connectivity index (χ4n) is 6.57. The Bertz CT molecular complexity index is 813. The van der Waals surface area contributed by atoms with Gasteiger partial charge in [-0.15, -0.1) is 0 Å². The first-order valence-electron chi connectivity index (χ1n) is 12.8. The van der Waals surface area contributed by atoms with Gasteiger partial charge >= 0.3 is 0 Å². The van der Waals surface area contributed by atoms with E-state index in [4.69, 9.17) is 9.47 Å². The third kappa shape index (κ3) is 5.03. The van der Waals surface area contributed by atoms with Crippen molar-refractivity contribution in [2.75, 3.05) is 13.2 Å². The maximum absolute atomic E-state index is 10.2. The number of fused-ring (bicyclic) bond motifs is 3. The molecule has 2 N–H and O–H groups in total. The molecule has 2 saturated heterocycles. The fourth-order valence-corrected chi connectivity index (χ4v) is 6.57. The second-order valence-electron chi connectivity index (χ2n) is 12.6. The van der Waals surface area contributed by atoms with Gasteiger partial charge in [0, 0.05) is 30.2 Å². The topological polar surface area (TPSA) is 50.7 Å². The molecule has 0 saturated carbocycles. The second kappa shape index (κ2) is 8.60. The minimum Gasteiger partial charge on any atom is -0.508 e. The van der Waals surface area contributed by atoms with Gasteiger partial charge in [-0.05, 0) is 109 Å². The van der Waals surface area contributed by atoms with Crippen LogP contribution in [-0.4, -0.2) is 41.1 Å². The van der Waals surface area contributed by atoms with Crippen LogP contribution in [-0.2, 0) is 21.3 Å². The molecule has 0 aromatic heterocycles. The third-order valence-electron chi connectivity index (χ3n) is 8.47. The average molecular weight is 444 g/mol. The summed E-state index contributed by atoms with van der Waals surface area (Å²) < 4.78 is 12.3. The molecular weight excluding hydrogens is 398 g/mol. The highest BCUT2D eigenvalue weighted by atomic mass is 16.5. The van der Waals surface area contributed by atoms with Gasteiger partial charge in [0.25, 0.3) is 0 Å². The number of aromatic hydroxyl groups is 1. The average Bonchev–Trinajstić information content (AvgIpc) is 2.81. The first-order valence-corrected chi connectivity index (χ1v) is 12.8. The molecule has 4 heteroatoms. The molecule has 2 bridgehead atoms. The summed E-state index contributed by atoms with van der Waals surface area (Å²) >= 11 is 0. The third-order valence-corrected chi connectivity index (χ3v) is 8.47. The summed E-state index contributed by atoms with van der Waals surface area (Å²) in [6, 6.07) is 6.56. The molecule has 2 aliphatic heterocycles. The number of piperidine rings is 1. The summed E-state index contributed by atoms with van der Waals surface area (Å²) in [6.45, 7) is 14.7. The van der Waals surface area contributed by atoms with Crippen molar-refractivity contribution >= 4 is 0 Å². The van der Waals surface area contributed by atoms with E-state index in [0.29, 0.717) is 17.7 Å². The number of hydrogen-bond acceptors (Lipinski definition) is 4. The minimum absolute atomic E-state index is 0.0972. The van der Waals surface area contributed by atoms with Gasteiger partial charge in [0.2, 0.25) is 0 Å². The van der Waals surface area contributed by atoms with Crippen molar-refractivity contribution < 1.29 is 14.6 Å². The molecule has 180 valence electrons. The summed E-state index contributed by atoms with van der Waals surface area (Å²) in [5.74, 6) is 1.09. The molecule has 0 radical (unpaired) electrons. The minimum atomic E-state index is -0.167. The number of hydrogen-bond donors (Lipinski definition) is 2. The van der Waals surface area contributed by atoms with Crippen LogP contribution in [0.4, 0.5) is 0 Å². The molecule has 0 spiro atoms. The fraction of sp³-hybridized carbons (Fsp3) is 0.786. The number of ether oxygens (including phenoxy) is 2. The molecule has 1 unspecified atom stereocenters. The van der Waals surface area contributed by atoms with Crippen molar-refractivity contribution in [3.05, 3.63) is 29.3 Å². The molecule has 4 atom stereocenters. The highest BCUT2D eigenvalue weighted by molar-refractivity contribution is 5.44. The lowest BCUT2D eigenvalue weighted by molar-refractivity contribution is -0.0729. The van der Waals surface area contributed by atoms with Crippen molar-refractivity contribution in [1.29, 1.82) is 0 Å². The van der Waals surface area contributed by atoms with Crippen molar-refractivity contribution in [3.63, 3.8) is 0 Å². The van der Waals surface area contributed by atoms with E-state index >= 15 is 0 Å². The largest absolute Gasteiger partial charge is 0.508 e. The standard InChI is InChI=1S/C28H45NO3/c1-25(2,3)31-16-14-26(4,5)32-17-15-28-12-7-11-27(6)23-19-22(30)9-8-20(23)18-21(10-13-28)24(27)29-28/h8-9,19,21,24,29-30H,7,10-18H2,1-6H3/t21-,24-,27+,28?/m0/s1. The van der Waals surface area contributed by atoms with E-state index in [1.54, 1.807) is 0 Å². The summed E-state index contributed by atoms with van der Waals surface area (Å²) in [6.07, 6.45) is 9.29. The summed E-state index contributed by atoms with van der Waals surface area (Å²) in [7, 11) is 0. The van der Waals surface area contributed by atoms with E-state index in [1.165, 1.54) is 43.2 Å². The lowest BCUT2D eigenvalue weighted by Gasteiger charge is -2.53. The Morgan fingerprint density at radius 1 is 1.06 bits per heavy atom. The number of benzene rings is 1. The quantitative estimate of drug-likeness (QED) is 0.552. The van der Waals surface area contributed by atoms with E-state index in [9.17, 15) is 5.11 Å². The molecule has 1 aliphatic carbocycles. The monoisotopic (exact) mass is 443 g/mol. The second-order valence-corrected chi connectivity index (χ2v) is 12.6. The normalized spacial score (nSPS) is 32.3. The van der Waals surface area contributed by atoms with Crippen LogP contribution in [0.5, 0.6) is 5.75 Å². The number of phenols is 1. The summed E-state index contributed by atoms with van der Waals surface area (Å²) in [4.78, 5) is 0. The maximum Gasteiger partial charge on any atom is 0.115 e. The Morgan fingerprint density at radius 3 is 2.59 bits per heavy atom. The predicted octanol–water partition coefficient (Wildman–Crippen LogP) is 5.89. The van der Waals surface area contributed by atoms with Crippen LogP contribution in [0.1, 0.15) is 97.6 Å². The Balaban J connectivity index is 1.41. The van der Waals surface area contributed by atoms with E-state index in [1.807, 2.05) is 12.1 Å². The molecule has 3 aliphatic rings. The Morgan fingerprint density at radius 2 is 1.84 bits per heavy atom. The smallest absolute Gasteiger partial charge is 0.115 e. The van der Waals surface area contributed by atoms with Crippen LogP contribution in [0.25, 0.3) is 0 Å². The molecule has 0 amide bonds. The van der Waals surface area contributed by atoms with Crippen molar-refractivity contribution in [3.8, 4) is 5.75 Å². The van der Waals surface area contributed by atoms with E-state index < -0.39 is 0 Å². The molecule has 4 nitrogen and oxygen atoms in total. The lowest BCUT2D eigenvalue weighted by atomic mass is 9.60. The maximum atomic E-state index is 10.2. The van der Waals surface area contributed by atoms with Gasteiger partial charge in [0.15, 0.2) is 0 Å². The van der Waals surface area contributed by atoms with Gasteiger partial charge in [-0.2, -0.15) is 0 Å². The number of nitrogens with one attached hydrogen (secondary N) is 1.